The van der Waals surface area contributed by atoms with Gasteiger partial charge in [0.2, 0.25) is 0 Å². The van der Waals surface area contributed by atoms with Crippen LogP contribution in [0.2, 0.25) is 0 Å². The number of benzene rings is 2. The molecule has 2 aliphatic heterocycles. The van der Waals surface area contributed by atoms with E-state index in [1.807, 2.05) is 13.1 Å². The van der Waals surface area contributed by atoms with E-state index in [1.54, 1.807) is 41.2 Å². The van der Waals surface area contributed by atoms with E-state index in [2.05, 4.69) is 10.00 Å². The molecule has 6 rings (SSSR count). The quantitative estimate of drug-likeness (QED) is 0.320. The summed E-state index contributed by atoms with van der Waals surface area (Å²) in [5.74, 6) is -1.10. The molecule has 0 aliphatic carbocycles. The lowest BCUT2D eigenvalue weighted by Crippen LogP contribution is -2.49. The average Bonchev–Trinajstić information content (AvgIpc) is 3.58. The Labute approximate surface area is 250 Å². The molecule has 1 atom stereocenters. The maximum Gasteiger partial charge on any atom is 0.416 e. The van der Waals surface area contributed by atoms with Crippen LogP contribution < -0.4 is 17.0 Å². The molecule has 2 aliphatic rings. The number of halogens is 4. The largest absolute Gasteiger partial charge is 0.416 e. The summed E-state index contributed by atoms with van der Waals surface area (Å²) in [5, 5.41) is 4.21. The molecule has 0 unspecified atom stereocenters. The van der Waals surface area contributed by atoms with Gasteiger partial charge in [0.1, 0.15) is 11.4 Å². The monoisotopic (exact) mass is 612 g/mol. The van der Waals surface area contributed by atoms with Crippen LogP contribution in [-0.2, 0) is 49.8 Å². The first kappa shape index (κ1) is 30.0. The predicted molar refractivity (Wildman–Crippen MR) is 153 cm³/mol. The molecule has 4 heterocycles. The van der Waals surface area contributed by atoms with Crippen molar-refractivity contribution in [3.63, 3.8) is 0 Å². The fourth-order valence-electron chi connectivity index (χ4n) is 6.35. The molecule has 2 aromatic carbocycles. The number of aromatic nitrogens is 4. The van der Waals surface area contributed by atoms with Crippen molar-refractivity contribution in [1.29, 1.82) is 0 Å². The molecule has 9 nitrogen and oxygen atoms in total. The summed E-state index contributed by atoms with van der Waals surface area (Å²) < 4.78 is 66.9. The first-order valence-corrected chi connectivity index (χ1v) is 14.3. The topological polar surface area (TPSA) is 100 Å². The number of likely N-dealkylation sites (tertiary alicyclic amines) is 1. The molecule has 1 saturated heterocycles. The zero-order valence-corrected chi connectivity index (χ0v) is 24.1. The summed E-state index contributed by atoms with van der Waals surface area (Å²) in [5.41, 5.74) is 4.13. The second-order valence-corrected chi connectivity index (χ2v) is 11.4. The van der Waals surface area contributed by atoms with Crippen molar-refractivity contribution in [1.82, 2.24) is 23.8 Å². The Morgan fingerprint density at radius 1 is 1.00 bits per heavy atom. The Balaban J connectivity index is 1.43. The van der Waals surface area contributed by atoms with Gasteiger partial charge in [-0.15, -0.1) is 0 Å². The number of rotatable bonds is 7. The molecule has 1 fully saturated rings. The second kappa shape index (κ2) is 11.5. The molecular formula is C31H32F4N6O3. The SMILES string of the molecule is Cn1nccc1CN1CCC2(CC1)OCc1c2c(=O)n(C[C@H](N)c2ccccc2)c(=O)n1Cc1c(F)cccc1C(F)(F)F. The molecular weight excluding hydrogens is 580 g/mol. The maximum absolute atomic E-state index is 15.0. The molecule has 0 saturated carbocycles. The highest BCUT2D eigenvalue weighted by Gasteiger charge is 2.47. The van der Waals surface area contributed by atoms with Crippen LogP contribution in [0.4, 0.5) is 17.6 Å². The number of piperidine rings is 1. The van der Waals surface area contributed by atoms with Gasteiger partial charge in [0.25, 0.3) is 5.56 Å². The third-order valence-electron chi connectivity index (χ3n) is 8.80. The number of nitrogens with zero attached hydrogens (tertiary/aromatic N) is 5. The smallest absolute Gasteiger partial charge is 0.364 e. The van der Waals surface area contributed by atoms with E-state index in [0.29, 0.717) is 38.0 Å². The van der Waals surface area contributed by atoms with Gasteiger partial charge in [0.15, 0.2) is 0 Å². The lowest BCUT2D eigenvalue weighted by Gasteiger charge is -2.38. The van der Waals surface area contributed by atoms with Crippen LogP contribution in [0.1, 0.15) is 52.5 Å². The van der Waals surface area contributed by atoms with Crippen LogP contribution in [0.15, 0.2) is 70.4 Å². The molecule has 4 aromatic rings. The summed E-state index contributed by atoms with van der Waals surface area (Å²) in [6.07, 6.45) is -2.29. The lowest BCUT2D eigenvalue weighted by molar-refractivity contribution is -0.138. The van der Waals surface area contributed by atoms with Gasteiger partial charge in [0, 0.05) is 44.5 Å². The minimum absolute atomic E-state index is 0.164. The minimum Gasteiger partial charge on any atom is -0.364 e. The van der Waals surface area contributed by atoms with E-state index < -0.39 is 52.6 Å². The zero-order valence-electron chi connectivity index (χ0n) is 24.1. The van der Waals surface area contributed by atoms with Crippen LogP contribution in [0.5, 0.6) is 0 Å². The van der Waals surface area contributed by atoms with E-state index in [0.717, 1.165) is 33.0 Å². The highest BCUT2D eigenvalue weighted by Crippen LogP contribution is 2.43. The van der Waals surface area contributed by atoms with Crippen LogP contribution >= 0.6 is 0 Å². The fraction of sp³-hybridized carbons (Fsp3) is 0.387. The molecule has 0 amide bonds. The van der Waals surface area contributed by atoms with Crippen molar-refractivity contribution in [2.24, 2.45) is 12.8 Å². The summed E-state index contributed by atoms with van der Waals surface area (Å²) in [4.78, 5) is 30.3. The normalized spacial score (nSPS) is 17.2. The van der Waals surface area contributed by atoms with Crippen molar-refractivity contribution in [3.05, 3.63) is 121 Å². The third kappa shape index (κ3) is 5.39. The molecule has 2 N–H and O–H groups in total. The molecule has 1 spiro atoms. The summed E-state index contributed by atoms with van der Waals surface area (Å²) >= 11 is 0. The average molecular weight is 613 g/mol. The molecule has 13 heteroatoms. The van der Waals surface area contributed by atoms with E-state index in [1.165, 1.54) is 0 Å². The first-order chi connectivity index (χ1) is 21.0. The molecule has 0 bridgehead atoms. The number of aryl methyl sites for hydroxylation is 1. The van der Waals surface area contributed by atoms with Crippen LogP contribution in [0.3, 0.4) is 0 Å². The number of hydrogen-bond acceptors (Lipinski definition) is 6. The lowest BCUT2D eigenvalue weighted by atomic mass is 9.85. The van der Waals surface area contributed by atoms with Gasteiger partial charge >= 0.3 is 11.9 Å². The maximum atomic E-state index is 15.0. The summed E-state index contributed by atoms with van der Waals surface area (Å²) in [7, 11) is 1.86. The third-order valence-corrected chi connectivity index (χ3v) is 8.80. The Morgan fingerprint density at radius 3 is 2.39 bits per heavy atom. The number of ether oxygens (including phenoxy) is 1. The standard InChI is InChI=1S/C31H32F4N6O3/c1-38-21(10-13-37-38)16-39-14-11-30(12-15-39)27-26(19-44-30)40(17-22-23(31(33,34)35)8-5-9-24(22)32)29(43)41(28(27)42)18-25(36)20-6-3-2-4-7-20/h2-10,13,25H,11-12,14-19,36H2,1H3/t25-/m0/s1. The van der Waals surface area contributed by atoms with Crippen molar-refractivity contribution >= 4 is 0 Å². The zero-order chi connectivity index (χ0) is 31.2. The first-order valence-electron chi connectivity index (χ1n) is 14.3. The van der Waals surface area contributed by atoms with Crippen molar-refractivity contribution in [3.8, 4) is 0 Å². The van der Waals surface area contributed by atoms with E-state index in [4.69, 9.17) is 10.5 Å². The summed E-state index contributed by atoms with van der Waals surface area (Å²) in [6.45, 7) is 0.665. The second-order valence-electron chi connectivity index (χ2n) is 11.4. The fourth-order valence-corrected chi connectivity index (χ4v) is 6.35. The van der Waals surface area contributed by atoms with Gasteiger partial charge in [-0.05, 0) is 36.6 Å². The number of alkyl halides is 3. The molecule has 232 valence electrons. The van der Waals surface area contributed by atoms with Crippen molar-refractivity contribution < 1.29 is 22.3 Å². The highest BCUT2D eigenvalue weighted by molar-refractivity contribution is 5.35. The molecule has 44 heavy (non-hydrogen) atoms. The Morgan fingerprint density at radius 2 is 1.73 bits per heavy atom. The Bertz CT molecular complexity index is 1790. The van der Waals surface area contributed by atoms with Gasteiger partial charge in [-0.1, -0.05) is 36.4 Å². The Hall–Kier alpha value is -4.07. The van der Waals surface area contributed by atoms with Gasteiger partial charge in [-0.25, -0.2) is 9.18 Å². The summed E-state index contributed by atoms with van der Waals surface area (Å²) in [6, 6.07) is 12.7. The van der Waals surface area contributed by atoms with Gasteiger partial charge < -0.3 is 10.5 Å². The number of nitrogens with two attached hydrogens (primary N) is 1. The van der Waals surface area contributed by atoms with Crippen LogP contribution in [0.25, 0.3) is 0 Å². The molecule has 2 aromatic heterocycles. The highest BCUT2D eigenvalue weighted by atomic mass is 19.4. The predicted octanol–water partition coefficient (Wildman–Crippen LogP) is 3.67. The van der Waals surface area contributed by atoms with Crippen molar-refractivity contribution in [2.45, 2.75) is 56.9 Å². The molecule has 0 radical (unpaired) electrons. The van der Waals surface area contributed by atoms with E-state index >= 15 is 0 Å². The van der Waals surface area contributed by atoms with E-state index in [9.17, 15) is 27.2 Å². The minimum atomic E-state index is -4.85. The Kier molecular flexibility index (Phi) is 7.80. The van der Waals surface area contributed by atoms with E-state index in [-0.39, 0.29) is 24.4 Å². The van der Waals surface area contributed by atoms with Crippen LogP contribution in [0, 0.1) is 5.82 Å². The number of fused-ring (bicyclic) bond motifs is 2. The number of hydrogen-bond donors (Lipinski definition) is 1. The van der Waals surface area contributed by atoms with Gasteiger partial charge in [-0.2, -0.15) is 18.3 Å². The van der Waals surface area contributed by atoms with Gasteiger partial charge in [-0.3, -0.25) is 23.5 Å². The van der Waals surface area contributed by atoms with Crippen molar-refractivity contribution in [2.75, 3.05) is 13.1 Å². The van der Waals surface area contributed by atoms with Crippen LogP contribution in [-0.4, -0.2) is 36.9 Å². The van der Waals surface area contributed by atoms with Gasteiger partial charge in [0.05, 0.1) is 42.2 Å².